The maximum absolute atomic E-state index is 15.3. The molecule has 0 aromatic heterocycles. The molecule has 2 saturated heterocycles. The summed E-state index contributed by atoms with van der Waals surface area (Å²) in [5.41, 5.74) is 0. The predicted octanol–water partition coefficient (Wildman–Crippen LogP) is 3.90. The molecule has 492 valence electrons. The number of carbonyl (C=O) groups is 11. The molecule has 0 unspecified atom stereocenters. The standard InChI is InChI=1S/C63H113N11O12/c1-25-44-59(81)68(18)43(17)58(80)69(19)46(31-35(4)5)55(77)67-49(38(10)11)62(84)70(20)45(30-34(2)3)54(76)64-41(15)53(75)65-42(16)57(79)71(21)47(32-36(6)7)60(82)72(22)48(33-37(8)9)61(83)73(23)50(39(12)13)63(85)74(24)51(56(78)66-44)52-40(14)28-26-27-29-86-52/h34-52H,25-33H2,1-24H3,(H,64,76)(H,65,75)(H,66,78)(H,67,77)/t40-,41+,42-,43-,44+,45+,46+,47+,48+,49+,50+,51+,52-/m1/s1. The van der Waals surface area contributed by atoms with E-state index in [1.807, 2.05) is 62.3 Å². The van der Waals surface area contributed by atoms with Crippen LogP contribution in [-0.2, 0) is 57.5 Å². The highest BCUT2D eigenvalue weighted by atomic mass is 16.5. The molecule has 13 atom stereocenters. The van der Waals surface area contributed by atoms with E-state index >= 15 is 19.2 Å². The molecule has 86 heavy (non-hydrogen) atoms. The average Bonchev–Trinajstić information content (AvgIpc) is 3.22. The number of amides is 11. The first kappa shape index (κ1) is 76.2. The summed E-state index contributed by atoms with van der Waals surface area (Å²) in [7, 11) is 10.3. The van der Waals surface area contributed by atoms with Crippen LogP contribution in [0.4, 0.5) is 0 Å². The zero-order valence-electron chi connectivity index (χ0n) is 56.9. The van der Waals surface area contributed by atoms with Gasteiger partial charge in [0.05, 0.1) is 6.10 Å². The van der Waals surface area contributed by atoms with Crippen molar-refractivity contribution in [3.05, 3.63) is 0 Å². The van der Waals surface area contributed by atoms with E-state index < -0.39 is 149 Å². The zero-order valence-corrected chi connectivity index (χ0v) is 56.9. The number of rotatable bonds is 12. The average molecular weight is 1220 g/mol. The zero-order chi connectivity index (χ0) is 66.3. The Labute approximate surface area is 515 Å². The van der Waals surface area contributed by atoms with Gasteiger partial charge in [-0.3, -0.25) is 52.7 Å². The van der Waals surface area contributed by atoms with Gasteiger partial charge in [0.1, 0.15) is 66.5 Å². The van der Waals surface area contributed by atoms with Gasteiger partial charge in [-0.2, -0.15) is 0 Å². The van der Waals surface area contributed by atoms with Crippen molar-refractivity contribution in [3.63, 3.8) is 0 Å². The van der Waals surface area contributed by atoms with Crippen LogP contribution in [0, 0.1) is 41.4 Å². The second-order valence-corrected chi connectivity index (χ2v) is 27.0. The highest BCUT2D eigenvalue weighted by molar-refractivity contribution is 6.00. The first-order valence-electron chi connectivity index (χ1n) is 31.5. The molecule has 0 aromatic rings. The summed E-state index contributed by atoms with van der Waals surface area (Å²) in [6.07, 6.45) is 2.14. The van der Waals surface area contributed by atoms with Gasteiger partial charge in [-0.05, 0) is 107 Å². The molecule has 11 amide bonds. The fraction of sp³-hybridized carbons (Fsp3) is 0.825. The van der Waals surface area contributed by atoms with Gasteiger partial charge in [0.2, 0.25) is 65.0 Å². The Morgan fingerprint density at radius 1 is 0.419 bits per heavy atom. The lowest BCUT2D eigenvalue weighted by molar-refractivity contribution is -0.158. The van der Waals surface area contributed by atoms with Gasteiger partial charge in [-0.25, -0.2) is 0 Å². The second-order valence-electron chi connectivity index (χ2n) is 27.0. The molecule has 2 aliphatic rings. The van der Waals surface area contributed by atoms with Gasteiger partial charge in [0.25, 0.3) is 0 Å². The molecule has 2 heterocycles. The monoisotopic (exact) mass is 1220 g/mol. The van der Waals surface area contributed by atoms with Crippen molar-refractivity contribution in [3.8, 4) is 0 Å². The third-order valence-corrected chi connectivity index (χ3v) is 17.2. The molecular formula is C63H113N11O12. The maximum atomic E-state index is 15.3. The Morgan fingerprint density at radius 2 is 0.849 bits per heavy atom. The van der Waals surface area contributed by atoms with Gasteiger partial charge in [-0.15, -0.1) is 0 Å². The van der Waals surface area contributed by atoms with Gasteiger partial charge in [-0.1, -0.05) is 103 Å². The molecule has 2 fully saturated rings. The Morgan fingerprint density at radius 3 is 1.31 bits per heavy atom. The molecule has 23 heteroatoms. The van der Waals surface area contributed by atoms with Crippen LogP contribution < -0.4 is 21.3 Å². The largest absolute Gasteiger partial charge is 0.375 e. The molecule has 2 rings (SSSR count). The smallest absolute Gasteiger partial charge is 0.246 e. The van der Waals surface area contributed by atoms with E-state index in [0.717, 1.165) is 6.42 Å². The normalized spacial score (nSPS) is 29.7. The molecular weight excluding hydrogens is 1100 g/mol. The summed E-state index contributed by atoms with van der Waals surface area (Å²) in [5, 5.41) is 11.2. The number of likely N-dealkylation sites (N-methyl/N-ethyl adjacent to an activating group) is 7. The number of nitrogens with one attached hydrogen (secondary N) is 4. The van der Waals surface area contributed by atoms with Crippen molar-refractivity contribution < 1.29 is 57.5 Å². The van der Waals surface area contributed by atoms with Crippen LogP contribution in [0.25, 0.3) is 0 Å². The van der Waals surface area contributed by atoms with E-state index in [-0.39, 0.29) is 61.7 Å². The lowest BCUT2D eigenvalue weighted by Crippen LogP contribution is -2.64. The van der Waals surface area contributed by atoms with Crippen LogP contribution in [-0.4, -0.2) is 228 Å². The minimum absolute atomic E-state index is 0.0820. The van der Waals surface area contributed by atoms with Crippen LogP contribution in [0.2, 0.25) is 0 Å². The van der Waals surface area contributed by atoms with Crippen molar-refractivity contribution in [2.45, 2.75) is 242 Å². The summed E-state index contributed by atoms with van der Waals surface area (Å²) in [4.78, 5) is 171. The lowest BCUT2D eigenvalue weighted by Gasteiger charge is -2.42. The van der Waals surface area contributed by atoms with Crippen LogP contribution in [0.5, 0.6) is 0 Å². The topological polar surface area (TPSA) is 268 Å². The van der Waals surface area contributed by atoms with Crippen molar-refractivity contribution in [2.24, 2.45) is 41.4 Å². The van der Waals surface area contributed by atoms with Crippen molar-refractivity contribution in [1.29, 1.82) is 0 Å². The van der Waals surface area contributed by atoms with Crippen LogP contribution in [0.15, 0.2) is 0 Å². The first-order chi connectivity index (χ1) is 39.8. The van der Waals surface area contributed by atoms with E-state index in [2.05, 4.69) is 21.3 Å². The van der Waals surface area contributed by atoms with Crippen LogP contribution in [0.3, 0.4) is 0 Å². The Balaban J connectivity index is 2.99. The maximum Gasteiger partial charge on any atom is 0.246 e. The minimum Gasteiger partial charge on any atom is -0.375 e. The molecule has 4 N–H and O–H groups in total. The fourth-order valence-electron chi connectivity index (χ4n) is 11.6. The molecule has 0 bridgehead atoms. The number of carbonyl (C=O) groups excluding carboxylic acids is 11. The SMILES string of the molecule is CC[C@@H]1NC(=O)[C@H]([C@@H]2OCCCC[C@H]2C)N(C)C(=O)[C@H](C(C)C)N(C)C(=O)[C@H](CC(C)C)N(C)C(=O)[C@H](CC(C)C)N(C)C(=O)[C@@H](C)NC(=O)[C@H](C)NC(=O)[C@H](CC(C)C)N(C)C(=O)[C@H](C(C)C)NC(=O)[C@H](CC(C)C)N(C)C(=O)[C@@H](C)N(C)C1=O. The third-order valence-electron chi connectivity index (χ3n) is 17.2. The Hall–Kier alpha value is -5.87. The second kappa shape index (κ2) is 34.0. The first-order valence-corrected chi connectivity index (χ1v) is 31.5. The highest BCUT2D eigenvalue weighted by Crippen LogP contribution is 2.29. The van der Waals surface area contributed by atoms with Crippen molar-refractivity contribution in [2.75, 3.05) is 55.9 Å². The molecule has 23 nitrogen and oxygen atoms in total. The molecule has 0 radical (unpaired) electrons. The Kier molecular flexibility index (Phi) is 30.2. The predicted molar refractivity (Wildman–Crippen MR) is 331 cm³/mol. The number of ether oxygens (including phenoxy) is 1. The van der Waals surface area contributed by atoms with E-state index in [9.17, 15) is 33.6 Å². The van der Waals surface area contributed by atoms with E-state index in [1.54, 1.807) is 34.6 Å². The quantitative estimate of drug-likeness (QED) is 0.217. The van der Waals surface area contributed by atoms with Crippen molar-refractivity contribution in [1.82, 2.24) is 55.6 Å². The fourth-order valence-corrected chi connectivity index (χ4v) is 11.6. The molecule has 0 saturated carbocycles. The number of hydrogen-bond donors (Lipinski definition) is 4. The summed E-state index contributed by atoms with van der Waals surface area (Å²) in [6, 6.07) is -12.9. The van der Waals surface area contributed by atoms with Crippen LogP contribution in [0.1, 0.15) is 169 Å². The summed E-state index contributed by atoms with van der Waals surface area (Å²) >= 11 is 0. The minimum atomic E-state index is -1.30. The number of hydrogen-bond acceptors (Lipinski definition) is 12. The molecule has 2 aliphatic heterocycles. The third kappa shape index (κ3) is 20.1. The summed E-state index contributed by atoms with van der Waals surface area (Å²) in [5.74, 6) is -8.63. The van der Waals surface area contributed by atoms with Crippen LogP contribution >= 0.6 is 0 Å². The van der Waals surface area contributed by atoms with Gasteiger partial charge in [0.15, 0.2) is 0 Å². The Bertz CT molecular complexity index is 2350. The number of nitrogens with zero attached hydrogens (tertiary/aromatic N) is 7. The molecule has 0 aliphatic carbocycles. The van der Waals surface area contributed by atoms with E-state index in [4.69, 9.17) is 4.74 Å². The molecule has 0 aromatic carbocycles. The lowest BCUT2D eigenvalue weighted by atomic mass is 9.91. The van der Waals surface area contributed by atoms with Gasteiger partial charge < -0.3 is 60.3 Å². The van der Waals surface area contributed by atoms with E-state index in [0.29, 0.717) is 19.4 Å². The highest BCUT2D eigenvalue weighted by Gasteiger charge is 2.47. The van der Waals surface area contributed by atoms with Crippen molar-refractivity contribution >= 4 is 65.0 Å². The van der Waals surface area contributed by atoms with Gasteiger partial charge >= 0.3 is 0 Å². The van der Waals surface area contributed by atoms with E-state index in [1.165, 1.54) is 104 Å². The van der Waals surface area contributed by atoms with Gasteiger partial charge in [0, 0.05) is 55.9 Å². The summed E-state index contributed by atoms with van der Waals surface area (Å²) in [6.45, 7) is 30.5. The summed E-state index contributed by atoms with van der Waals surface area (Å²) < 4.78 is 6.42. The molecule has 0 spiro atoms.